The number of carbonyl (C=O) groups is 1. The maximum atomic E-state index is 12.3. The Morgan fingerprint density at radius 3 is 2.88 bits per heavy atom. The molecule has 0 N–H and O–H groups in total. The highest BCUT2D eigenvalue weighted by atomic mass is 16.3. The van der Waals surface area contributed by atoms with Gasteiger partial charge in [-0.3, -0.25) is 9.69 Å². The third-order valence-electron chi connectivity index (χ3n) is 5.52. The topological polar surface area (TPSA) is 49.6 Å². The predicted molar refractivity (Wildman–Crippen MR) is 93.5 cm³/mol. The first-order valence-electron chi connectivity index (χ1n) is 9.37. The van der Waals surface area contributed by atoms with Crippen LogP contribution >= 0.6 is 0 Å². The van der Waals surface area contributed by atoms with Crippen LogP contribution in [0.3, 0.4) is 0 Å². The van der Waals surface area contributed by atoms with E-state index in [0.717, 1.165) is 63.6 Å². The van der Waals surface area contributed by atoms with E-state index in [1.165, 1.54) is 12.8 Å². The molecule has 3 rings (SSSR count). The molecule has 1 amide bonds. The molecule has 24 heavy (non-hydrogen) atoms. The van der Waals surface area contributed by atoms with E-state index in [1.807, 2.05) is 6.92 Å². The van der Waals surface area contributed by atoms with Gasteiger partial charge < -0.3 is 9.32 Å². The van der Waals surface area contributed by atoms with E-state index < -0.39 is 0 Å². The minimum atomic E-state index is 0.280. The number of aromatic nitrogens is 1. The Balaban J connectivity index is 1.62. The molecule has 2 fully saturated rings. The predicted octanol–water partition coefficient (Wildman–Crippen LogP) is 3.23. The van der Waals surface area contributed by atoms with Gasteiger partial charge in [-0.15, -0.1) is 0 Å². The third-order valence-corrected chi connectivity index (χ3v) is 5.52. The lowest BCUT2D eigenvalue weighted by Crippen LogP contribution is -2.54. The Labute approximate surface area is 145 Å². The Hall–Kier alpha value is -1.36. The number of carbonyl (C=O) groups excluding carboxylic acids is 1. The van der Waals surface area contributed by atoms with Gasteiger partial charge in [-0.1, -0.05) is 13.8 Å². The first-order valence-corrected chi connectivity index (χ1v) is 9.37. The zero-order valence-corrected chi connectivity index (χ0v) is 15.4. The molecule has 3 heterocycles. The van der Waals surface area contributed by atoms with Crippen molar-refractivity contribution in [2.75, 3.05) is 26.2 Å². The summed E-state index contributed by atoms with van der Waals surface area (Å²) < 4.78 is 5.34. The van der Waals surface area contributed by atoms with Crippen LogP contribution < -0.4 is 0 Å². The summed E-state index contributed by atoms with van der Waals surface area (Å²) in [6.45, 7) is 11.3. The minimum Gasteiger partial charge on any atom is -0.449 e. The summed E-state index contributed by atoms with van der Waals surface area (Å²) in [5.41, 5.74) is 1.30. The number of oxazole rings is 1. The summed E-state index contributed by atoms with van der Waals surface area (Å²) in [6, 6.07) is 0. The lowest BCUT2D eigenvalue weighted by Gasteiger charge is -2.48. The standard InChI is InChI=1S/C19H31N3O2/c1-15(2)6-10-22-14-19(8-5-18(22)23)7-4-9-21(13-19)11-17-12-24-16(3)20-17/h12,15H,4-11,13-14H2,1-3H3/t19-/m0/s1. The average Bonchev–Trinajstić information content (AvgIpc) is 2.94. The number of rotatable bonds is 5. The summed E-state index contributed by atoms with van der Waals surface area (Å²) in [4.78, 5) is 21.4. The molecule has 0 aromatic carbocycles. The second-order valence-electron chi connectivity index (χ2n) is 8.17. The molecule has 0 bridgehead atoms. The van der Waals surface area contributed by atoms with Crippen molar-refractivity contribution in [3.63, 3.8) is 0 Å². The van der Waals surface area contributed by atoms with Gasteiger partial charge in [0, 0.05) is 44.9 Å². The number of piperidine rings is 2. The van der Waals surface area contributed by atoms with Gasteiger partial charge in [0.1, 0.15) is 6.26 Å². The zero-order valence-electron chi connectivity index (χ0n) is 15.4. The first kappa shape index (κ1) is 17.5. The van der Waals surface area contributed by atoms with Crippen LogP contribution in [0.1, 0.15) is 57.5 Å². The number of hydrogen-bond donors (Lipinski definition) is 0. The second-order valence-corrected chi connectivity index (χ2v) is 8.17. The van der Waals surface area contributed by atoms with Crippen LogP contribution in [0.4, 0.5) is 0 Å². The van der Waals surface area contributed by atoms with Gasteiger partial charge in [-0.25, -0.2) is 4.98 Å². The van der Waals surface area contributed by atoms with Gasteiger partial charge in [-0.05, 0) is 38.1 Å². The van der Waals surface area contributed by atoms with Gasteiger partial charge in [0.2, 0.25) is 5.91 Å². The van der Waals surface area contributed by atoms with E-state index in [-0.39, 0.29) is 5.41 Å². The molecule has 5 heteroatoms. The number of aryl methyl sites for hydroxylation is 1. The van der Waals surface area contributed by atoms with Crippen LogP contribution in [0.5, 0.6) is 0 Å². The van der Waals surface area contributed by atoms with E-state index in [2.05, 4.69) is 28.6 Å². The monoisotopic (exact) mass is 333 g/mol. The molecule has 2 saturated heterocycles. The minimum absolute atomic E-state index is 0.280. The molecular formula is C19H31N3O2. The Morgan fingerprint density at radius 1 is 1.33 bits per heavy atom. The molecule has 1 atom stereocenters. The molecule has 0 aliphatic carbocycles. The van der Waals surface area contributed by atoms with Gasteiger partial charge in [0.05, 0.1) is 5.69 Å². The average molecular weight is 333 g/mol. The summed E-state index contributed by atoms with van der Waals surface area (Å²) in [5, 5.41) is 0. The maximum absolute atomic E-state index is 12.3. The van der Waals surface area contributed by atoms with Crippen molar-refractivity contribution in [2.24, 2.45) is 11.3 Å². The van der Waals surface area contributed by atoms with Crippen molar-refractivity contribution < 1.29 is 9.21 Å². The van der Waals surface area contributed by atoms with E-state index in [0.29, 0.717) is 11.8 Å². The molecule has 5 nitrogen and oxygen atoms in total. The van der Waals surface area contributed by atoms with Crippen molar-refractivity contribution in [1.29, 1.82) is 0 Å². The maximum Gasteiger partial charge on any atom is 0.222 e. The molecule has 1 spiro atoms. The first-order chi connectivity index (χ1) is 11.5. The number of amides is 1. The molecule has 134 valence electrons. The van der Waals surface area contributed by atoms with Crippen molar-refractivity contribution in [3.05, 3.63) is 17.8 Å². The number of likely N-dealkylation sites (tertiary alicyclic amines) is 2. The molecule has 2 aliphatic heterocycles. The van der Waals surface area contributed by atoms with E-state index in [1.54, 1.807) is 6.26 Å². The Kier molecular flexibility index (Phi) is 5.28. The SMILES string of the molecule is Cc1nc(CN2CCC[C@]3(CCC(=O)N(CCC(C)C)C3)C2)co1. The smallest absolute Gasteiger partial charge is 0.222 e. The van der Waals surface area contributed by atoms with Crippen LogP contribution in [0.2, 0.25) is 0 Å². The fraction of sp³-hybridized carbons (Fsp3) is 0.789. The van der Waals surface area contributed by atoms with E-state index in [9.17, 15) is 4.79 Å². The molecule has 1 aromatic rings. The van der Waals surface area contributed by atoms with E-state index in [4.69, 9.17) is 4.42 Å². The van der Waals surface area contributed by atoms with Crippen LogP contribution in [0.15, 0.2) is 10.7 Å². The van der Waals surface area contributed by atoms with Gasteiger partial charge in [0.15, 0.2) is 5.89 Å². The molecule has 0 unspecified atom stereocenters. The van der Waals surface area contributed by atoms with Crippen LogP contribution in [0, 0.1) is 18.3 Å². The highest BCUT2D eigenvalue weighted by Crippen LogP contribution is 2.39. The second kappa shape index (κ2) is 7.26. The molecule has 1 aromatic heterocycles. The Morgan fingerprint density at radius 2 is 2.17 bits per heavy atom. The van der Waals surface area contributed by atoms with Gasteiger partial charge in [0.25, 0.3) is 0 Å². The lowest BCUT2D eigenvalue weighted by molar-refractivity contribution is -0.139. The Bertz CT molecular complexity index is 569. The zero-order chi connectivity index (χ0) is 17.2. The highest BCUT2D eigenvalue weighted by Gasteiger charge is 2.41. The quantitative estimate of drug-likeness (QED) is 0.830. The lowest BCUT2D eigenvalue weighted by atomic mass is 9.73. The molecule has 2 aliphatic rings. The van der Waals surface area contributed by atoms with Crippen molar-refractivity contribution >= 4 is 5.91 Å². The summed E-state index contributed by atoms with van der Waals surface area (Å²) >= 11 is 0. The summed E-state index contributed by atoms with van der Waals surface area (Å²) in [6.07, 6.45) is 7.09. The largest absolute Gasteiger partial charge is 0.449 e. The van der Waals surface area contributed by atoms with Gasteiger partial charge >= 0.3 is 0 Å². The highest BCUT2D eigenvalue weighted by molar-refractivity contribution is 5.77. The molecule has 0 radical (unpaired) electrons. The summed E-state index contributed by atoms with van der Waals surface area (Å²) in [5.74, 6) is 1.74. The fourth-order valence-electron chi connectivity index (χ4n) is 4.21. The normalized spacial score (nSPS) is 25.8. The number of nitrogens with zero attached hydrogens (tertiary/aromatic N) is 3. The fourth-order valence-corrected chi connectivity index (χ4v) is 4.21. The van der Waals surface area contributed by atoms with Gasteiger partial charge in [-0.2, -0.15) is 0 Å². The van der Waals surface area contributed by atoms with Crippen molar-refractivity contribution in [1.82, 2.24) is 14.8 Å². The molecular weight excluding hydrogens is 302 g/mol. The van der Waals surface area contributed by atoms with Crippen molar-refractivity contribution in [3.8, 4) is 0 Å². The van der Waals surface area contributed by atoms with Crippen LogP contribution in [0.25, 0.3) is 0 Å². The van der Waals surface area contributed by atoms with E-state index >= 15 is 0 Å². The molecule has 0 saturated carbocycles. The van der Waals surface area contributed by atoms with Crippen molar-refractivity contribution in [2.45, 2.75) is 59.4 Å². The van der Waals surface area contributed by atoms with Crippen LogP contribution in [-0.2, 0) is 11.3 Å². The number of hydrogen-bond acceptors (Lipinski definition) is 4. The third kappa shape index (κ3) is 4.18. The van der Waals surface area contributed by atoms with Crippen LogP contribution in [-0.4, -0.2) is 46.9 Å². The summed E-state index contributed by atoms with van der Waals surface area (Å²) in [7, 11) is 0.